The summed E-state index contributed by atoms with van der Waals surface area (Å²) < 4.78 is 5.49. The Morgan fingerprint density at radius 2 is 2.25 bits per heavy atom. The van der Waals surface area contributed by atoms with Crippen molar-refractivity contribution in [3.8, 4) is 5.75 Å². The second-order valence-electron chi connectivity index (χ2n) is 5.10. The van der Waals surface area contributed by atoms with E-state index in [0.29, 0.717) is 30.3 Å². The zero-order valence-electron chi connectivity index (χ0n) is 13.2. The fourth-order valence-electron chi connectivity index (χ4n) is 2.23. The molecule has 0 aliphatic carbocycles. The van der Waals surface area contributed by atoms with E-state index in [1.54, 1.807) is 6.20 Å². The number of likely N-dealkylation sites (N-methyl/N-ethyl adjacent to an activating group) is 1. The Labute approximate surface area is 138 Å². The molecule has 0 atom stereocenters. The number of amides is 1. The largest absolute Gasteiger partial charge is 0.484 e. The number of hydrogen-bond donors (Lipinski definition) is 3. The Hall–Kier alpha value is -3.16. The molecule has 1 aromatic carbocycles. The number of anilines is 1. The molecule has 24 heavy (non-hydrogen) atoms. The lowest BCUT2D eigenvalue weighted by molar-refractivity contribution is -0.122. The molecule has 0 unspecified atom stereocenters. The molecule has 0 aliphatic rings. The molecule has 3 aromatic rings. The maximum absolute atomic E-state index is 11.4. The predicted octanol–water partition coefficient (Wildman–Crippen LogP) is 1.48. The van der Waals surface area contributed by atoms with Gasteiger partial charge in [-0.05, 0) is 24.6 Å². The van der Waals surface area contributed by atoms with Gasteiger partial charge in [0.1, 0.15) is 17.9 Å². The fraction of sp³-hybridized carbons (Fsp3) is 0.250. The van der Waals surface area contributed by atoms with Crippen molar-refractivity contribution < 1.29 is 9.53 Å². The van der Waals surface area contributed by atoms with Crippen molar-refractivity contribution in [1.82, 2.24) is 25.5 Å². The first-order valence-electron chi connectivity index (χ1n) is 7.62. The van der Waals surface area contributed by atoms with Crippen LogP contribution in [0.4, 0.5) is 5.82 Å². The van der Waals surface area contributed by atoms with Gasteiger partial charge in [0, 0.05) is 13.1 Å². The van der Waals surface area contributed by atoms with Crippen LogP contribution in [0.25, 0.3) is 11.0 Å². The maximum atomic E-state index is 11.4. The lowest BCUT2D eigenvalue weighted by Crippen LogP contribution is -2.28. The first-order valence-corrected chi connectivity index (χ1v) is 7.62. The Morgan fingerprint density at radius 1 is 1.33 bits per heavy atom. The molecule has 0 fully saturated rings. The summed E-state index contributed by atoms with van der Waals surface area (Å²) in [7, 11) is 0. The number of fused-ring (bicyclic) bond motifs is 1. The smallest absolute Gasteiger partial charge is 0.257 e. The van der Waals surface area contributed by atoms with Gasteiger partial charge < -0.3 is 15.4 Å². The van der Waals surface area contributed by atoms with Crippen molar-refractivity contribution in [2.75, 3.05) is 18.5 Å². The number of nitrogens with one attached hydrogen (secondary N) is 3. The summed E-state index contributed by atoms with van der Waals surface area (Å²) >= 11 is 0. The lowest BCUT2D eigenvalue weighted by atomic mass is 10.2. The molecule has 0 spiro atoms. The molecule has 0 radical (unpaired) electrons. The Morgan fingerprint density at radius 3 is 3.12 bits per heavy atom. The van der Waals surface area contributed by atoms with Crippen molar-refractivity contribution in [3.05, 3.63) is 42.4 Å². The van der Waals surface area contributed by atoms with Gasteiger partial charge in [0.25, 0.3) is 5.91 Å². The number of ether oxygens (including phenoxy) is 1. The summed E-state index contributed by atoms with van der Waals surface area (Å²) in [6.07, 6.45) is 3.16. The first kappa shape index (κ1) is 15.7. The quantitative estimate of drug-likeness (QED) is 0.607. The molecular weight excluding hydrogens is 308 g/mol. The summed E-state index contributed by atoms with van der Waals surface area (Å²) in [5.41, 5.74) is 1.70. The minimum absolute atomic E-state index is 0.00622. The van der Waals surface area contributed by atoms with E-state index in [-0.39, 0.29) is 12.5 Å². The van der Waals surface area contributed by atoms with Crippen LogP contribution in [0.1, 0.15) is 12.5 Å². The average molecular weight is 326 g/mol. The van der Waals surface area contributed by atoms with Gasteiger partial charge in [-0.15, -0.1) is 0 Å². The van der Waals surface area contributed by atoms with Crippen LogP contribution in [0.3, 0.4) is 0 Å². The number of H-pyrrole nitrogens is 1. The molecule has 2 aromatic heterocycles. The molecule has 3 rings (SSSR count). The van der Waals surface area contributed by atoms with Gasteiger partial charge in [-0.2, -0.15) is 5.10 Å². The number of aromatic nitrogens is 4. The van der Waals surface area contributed by atoms with E-state index in [9.17, 15) is 4.79 Å². The zero-order chi connectivity index (χ0) is 16.8. The molecule has 8 heteroatoms. The molecular formula is C16H18N6O2. The first-order chi connectivity index (χ1) is 11.8. The fourth-order valence-corrected chi connectivity index (χ4v) is 2.23. The van der Waals surface area contributed by atoms with Gasteiger partial charge in [-0.1, -0.05) is 12.1 Å². The highest BCUT2D eigenvalue weighted by Gasteiger charge is 2.06. The van der Waals surface area contributed by atoms with Crippen LogP contribution in [0.5, 0.6) is 5.75 Å². The summed E-state index contributed by atoms with van der Waals surface area (Å²) in [4.78, 5) is 19.8. The number of rotatable bonds is 7. The van der Waals surface area contributed by atoms with E-state index in [4.69, 9.17) is 4.74 Å². The van der Waals surface area contributed by atoms with Crippen LogP contribution in [-0.2, 0) is 11.3 Å². The topological polar surface area (TPSA) is 105 Å². The van der Waals surface area contributed by atoms with E-state index in [1.165, 1.54) is 6.33 Å². The SMILES string of the molecule is CCNC(=O)COc1cccc(CNc2ncnc3[nH]ncc23)c1. The molecule has 0 bridgehead atoms. The lowest BCUT2D eigenvalue weighted by Gasteiger charge is -2.09. The molecule has 124 valence electrons. The third kappa shape index (κ3) is 3.78. The number of carbonyl (C=O) groups excluding carboxylic acids is 1. The second kappa shape index (κ2) is 7.40. The average Bonchev–Trinajstić information content (AvgIpc) is 3.08. The van der Waals surface area contributed by atoms with Crippen LogP contribution in [0.15, 0.2) is 36.8 Å². The van der Waals surface area contributed by atoms with Crippen molar-refractivity contribution in [3.63, 3.8) is 0 Å². The third-order valence-electron chi connectivity index (χ3n) is 3.35. The summed E-state index contributed by atoms with van der Waals surface area (Å²) in [6.45, 7) is 3.03. The molecule has 0 saturated heterocycles. The van der Waals surface area contributed by atoms with E-state index >= 15 is 0 Å². The standard InChI is InChI=1S/C16H18N6O2/c1-2-17-14(23)9-24-12-5-3-4-11(6-12)7-18-15-13-8-21-22-16(13)20-10-19-15/h3-6,8,10H,2,7,9H2,1H3,(H,17,23)(H2,18,19,20,21,22). The molecule has 1 amide bonds. The van der Waals surface area contributed by atoms with Crippen molar-refractivity contribution in [2.45, 2.75) is 13.5 Å². The number of nitrogens with zero attached hydrogens (tertiary/aromatic N) is 3. The van der Waals surface area contributed by atoms with Crippen molar-refractivity contribution >= 4 is 22.8 Å². The van der Waals surface area contributed by atoms with Crippen LogP contribution >= 0.6 is 0 Å². The molecule has 3 N–H and O–H groups in total. The predicted molar refractivity (Wildman–Crippen MR) is 89.6 cm³/mol. The summed E-state index contributed by atoms with van der Waals surface area (Å²) in [5.74, 6) is 1.23. The summed E-state index contributed by atoms with van der Waals surface area (Å²) in [5, 5.41) is 13.6. The highest BCUT2D eigenvalue weighted by molar-refractivity contribution is 5.85. The Balaban J connectivity index is 1.62. The Bertz CT molecular complexity index is 832. The second-order valence-corrected chi connectivity index (χ2v) is 5.10. The van der Waals surface area contributed by atoms with E-state index in [0.717, 1.165) is 10.9 Å². The highest BCUT2D eigenvalue weighted by atomic mass is 16.5. The normalized spacial score (nSPS) is 10.5. The third-order valence-corrected chi connectivity index (χ3v) is 3.35. The Kier molecular flexibility index (Phi) is 4.85. The van der Waals surface area contributed by atoms with Gasteiger partial charge in [0.15, 0.2) is 12.3 Å². The van der Waals surface area contributed by atoms with Gasteiger partial charge in [0.05, 0.1) is 11.6 Å². The van der Waals surface area contributed by atoms with Gasteiger partial charge >= 0.3 is 0 Å². The summed E-state index contributed by atoms with van der Waals surface area (Å²) in [6, 6.07) is 7.57. The van der Waals surface area contributed by atoms with Crippen LogP contribution in [0, 0.1) is 0 Å². The monoisotopic (exact) mass is 326 g/mol. The number of aromatic amines is 1. The maximum Gasteiger partial charge on any atom is 0.257 e. The van der Waals surface area contributed by atoms with E-state index in [2.05, 4.69) is 30.8 Å². The van der Waals surface area contributed by atoms with E-state index in [1.807, 2.05) is 31.2 Å². The van der Waals surface area contributed by atoms with Crippen LogP contribution in [-0.4, -0.2) is 39.2 Å². The van der Waals surface area contributed by atoms with Crippen molar-refractivity contribution in [1.29, 1.82) is 0 Å². The molecule has 8 nitrogen and oxygen atoms in total. The highest BCUT2D eigenvalue weighted by Crippen LogP contribution is 2.18. The van der Waals surface area contributed by atoms with Crippen molar-refractivity contribution in [2.24, 2.45) is 0 Å². The van der Waals surface area contributed by atoms with Gasteiger partial charge in [-0.3, -0.25) is 9.89 Å². The minimum Gasteiger partial charge on any atom is -0.484 e. The molecule has 2 heterocycles. The van der Waals surface area contributed by atoms with Crippen LogP contribution in [0.2, 0.25) is 0 Å². The molecule has 0 saturated carbocycles. The van der Waals surface area contributed by atoms with E-state index < -0.39 is 0 Å². The van der Waals surface area contributed by atoms with Gasteiger partial charge in [0.2, 0.25) is 0 Å². The van der Waals surface area contributed by atoms with Gasteiger partial charge in [-0.25, -0.2) is 9.97 Å². The minimum atomic E-state index is -0.135. The molecule has 0 aliphatic heterocycles. The number of benzene rings is 1. The van der Waals surface area contributed by atoms with Crippen LogP contribution < -0.4 is 15.4 Å². The number of carbonyl (C=O) groups is 1. The number of hydrogen-bond acceptors (Lipinski definition) is 6. The zero-order valence-corrected chi connectivity index (χ0v) is 13.2.